The number of amides is 1. The van der Waals surface area contributed by atoms with Crippen LogP contribution in [0.15, 0.2) is 78.8 Å². The summed E-state index contributed by atoms with van der Waals surface area (Å²) in [4.78, 5) is 37.4. The van der Waals surface area contributed by atoms with Crippen LogP contribution >= 0.6 is 0 Å². The Labute approximate surface area is 216 Å². The molecular formula is C28H33NO8. The zero-order valence-electron chi connectivity index (χ0n) is 21.1. The molecule has 37 heavy (non-hydrogen) atoms. The molecule has 0 fully saturated rings. The van der Waals surface area contributed by atoms with Crippen molar-refractivity contribution in [1.29, 1.82) is 0 Å². The van der Waals surface area contributed by atoms with E-state index in [4.69, 9.17) is 14.2 Å². The second kappa shape index (κ2) is 15.1. The lowest BCUT2D eigenvalue weighted by Crippen LogP contribution is -2.25. The Bertz CT molecular complexity index is 1100. The summed E-state index contributed by atoms with van der Waals surface area (Å²) in [5.74, 6) is -2.07. The number of allylic oxidation sites excluding steroid dienone is 3. The van der Waals surface area contributed by atoms with Gasteiger partial charge in [0.05, 0.1) is 25.9 Å². The Morgan fingerprint density at radius 2 is 2.00 bits per heavy atom. The summed E-state index contributed by atoms with van der Waals surface area (Å²) in [6.07, 6.45) is 11.2. The van der Waals surface area contributed by atoms with Crippen LogP contribution in [0, 0.1) is 0 Å². The molecule has 0 saturated heterocycles. The van der Waals surface area contributed by atoms with Gasteiger partial charge in [-0.15, -0.1) is 0 Å². The molecule has 1 aliphatic rings. The number of aliphatic hydroxyl groups excluding tert-OH is 1. The smallest absolute Gasteiger partial charge is 0.342 e. The normalized spacial score (nSPS) is 23.9. The van der Waals surface area contributed by atoms with Gasteiger partial charge >= 0.3 is 11.9 Å². The number of rotatable bonds is 6. The molecule has 0 saturated carbocycles. The molecule has 0 spiro atoms. The van der Waals surface area contributed by atoms with E-state index in [-0.39, 0.29) is 36.5 Å². The average molecular weight is 512 g/mol. The minimum atomic E-state index is -0.926. The highest BCUT2D eigenvalue weighted by Gasteiger charge is 2.24. The number of nitrogens with one attached hydrogen (secondary N) is 1. The minimum Gasteiger partial charge on any atom is -0.507 e. The number of phenols is 1. The molecule has 1 aromatic rings. The summed E-state index contributed by atoms with van der Waals surface area (Å²) in [7, 11) is 1.49. The monoisotopic (exact) mass is 511 g/mol. The van der Waals surface area contributed by atoms with Crippen LogP contribution in [-0.4, -0.2) is 53.5 Å². The fourth-order valence-corrected chi connectivity index (χ4v) is 3.34. The first-order valence-corrected chi connectivity index (χ1v) is 11.8. The van der Waals surface area contributed by atoms with Gasteiger partial charge in [-0.2, -0.15) is 0 Å². The van der Waals surface area contributed by atoms with Gasteiger partial charge in [0, 0.05) is 18.7 Å². The number of carbonyl (C=O) groups is 3. The third kappa shape index (κ3) is 10.2. The number of benzene rings is 1. The van der Waals surface area contributed by atoms with Crippen molar-refractivity contribution in [2.45, 2.75) is 51.4 Å². The highest BCUT2D eigenvalue weighted by Crippen LogP contribution is 2.25. The van der Waals surface area contributed by atoms with Crippen molar-refractivity contribution in [3.63, 3.8) is 0 Å². The number of esters is 2. The maximum absolute atomic E-state index is 13.1. The van der Waals surface area contributed by atoms with Crippen LogP contribution < -0.4 is 5.32 Å². The molecule has 1 aromatic carbocycles. The molecule has 0 aromatic heterocycles. The van der Waals surface area contributed by atoms with Crippen molar-refractivity contribution in [2.75, 3.05) is 7.11 Å². The quantitative estimate of drug-likeness (QED) is 0.174. The maximum Gasteiger partial charge on any atom is 0.342 e. The van der Waals surface area contributed by atoms with E-state index in [0.717, 1.165) is 0 Å². The molecule has 1 heterocycles. The number of ether oxygens (including phenoxy) is 3. The number of hydrogen-bond acceptors (Lipinski definition) is 8. The van der Waals surface area contributed by atoms with Gasteiger partial charge in [-0.05, 0) is 49.6 Å². The zero-order valence-corrected chi connectivity index (χ0v) is 21.1. The fraction of sp³-hybridized carbons (Fsp3) is 0.321. The van der Waals surface area contributed by atoms with Crippen LogP contribution in [0.25, 0.3) is 0 Å². The second-order valence-electron chi connectivity index (χ2n) is 8.29. The summed E-state index contributed by atoms with van der Waals surface area (Å²) in [5.41, 5.74) is 1.11. The standard InChI is InChI=1S/C28H33NO8/c1-19-12-14-21-8-6-10-24(31)27(21)28(34)37-22(18-26(33)36-20(2)13-15-23(19)30)9-7-16-29-25(32)11-4-5-17-35-3/h4-8,10-13,15-17,20,22-23,30-31H,9,14,18H2,1-3H3,(H,29,32)/b11-4-,15-13+,16-7+,17-5+,19-12-. The van der Waals surface area contributed by atoms with Crippen molar-refractivity contribution in [2.24, 2.45) is 0 Å². The van der Waals surface area contributed by atoms with Crippen molar-refractivity contribution >= 4 is 17.8 Å². The number of carbonyl (C=O) groups excluding carboxylic acids is 3. The Morgan fingerprint density at radius 3 is 2.76 bits per heavy atom. The molecule has 3 atom stereocenters. The van der Waals surface area contributed by atoms with Crippen molar-refractivity contribution in [1.82, 2.24) is 5.32 Å². The lowest BCUT2D eigenvalue weighted by molar-refractivity contribution is -0.148. The molecule has 1 aliphatic heterocycles. The molecule has 0 aliphatic carbocycles. The van der Waals surface area contributed by atoms with E-state index in [1.54, 1.807) is 50.3 Å². The van der Waals surface area contributed by atoms with Crippen LogP contribution in [0.3, 0.4) is 0 Å². The third-order valence-corrected chi connectivity index (χ3v) is 5.31. The molecule has 3 N–H and O–H groups in total. The Balaban J connectivity index is 2.25. The van der Waals surface area contributed by atoms with Crippen LogP contribution in [0.4, 0.5) is 0 Å². The second-order valence-corrected chi connectivity index (χ2v) is 8.29. The minimum absolute atomic E-state index is 0.0234. The predicted octanol–water partition coefficient (Wildman–Crippen LogP) is 3.40. The first-order valence-electron chi connectivity index (χ1n) is 11.8. The zero-order chi connectivity index (χ0) is 27.2. The molecule has 1 amide bonds. The summed E-state index contributed by atoms with van der Waals surface area (Å²) in [5, 5.41) is 23.3. The van der Waals surface area contributed by atoms with Gasteiger partial charge in [0.1, 0.15) is 23.5 Å². The Hall–Kier alpha value is -4.11. The Morgan fingerprint density at radius 1 is 1.22 bits per heavy atom. The summed E-state index contributed by atoms with van der Waals surface area (Å²) in [6, 6.07) is 4.66. The topological polar surface area (TPSA) is 131 Å². The lowest BCUT2D eigenvalue weighted by atomic mass is 10.0. The van der Waals surface area contributed by atoms with E-state index in [9.17, 15) is 24.6 Å². The molecule has 2 rings (SSSR count). The summed E-state index contributed by atoms with van der Waals surface area (Å²) in [6.45, 7) is 3.38. The average Bonchev–Trinajstić information content (AvgIpc) is 2.85. The number of methoxy groups -OCH3 is 1. The molecule has 0 radical (unpaired) electrons. The van der Waals surface area contributed by atoms with Crippen LogP contribution in [-0.2, 0) is 30.2 Å². The van der Waals surface area contributed by atoms with E-state index >= 15 is 0 Å². The van der Waals surface area contributed by atoms with Crippen molar-refractivity contribution in [3.8, 4) is 5.75 Å². The number of aliphatic hydroxyl groups is 1. The van der Waals surface area contributed by atoms with Gasteiger partial charge in [-0.25, -0.2) is 4.79 Å². The Kier molecular flexibility index (Phi) is 11.9. The summed E-state index contributed by atoms with van der Waals surface area (Å²) >= 11 is 0. The first-order chi connectivity index (χ1) is 17.7. The van der Waals surface area contributed by atoms with E-state index in [2.05, 4.69) is 5.32 Å². The van der Waals surface area contributed by atoms with Crippen LogP contribution in [0.2, 0.25) is 0 Å². The van der Waals surface area contributed by atoms with Gasteiger partial charge in [-0.1, -0.05) is 36.4 Å². The van der Waals surface area contributed by atoms with Gasteiger partial charge in [0.15, 0.2) is 0 Å². The number of phenolic OH excluding ortho intramolecular Hbond substituents is 1. The van der Waals surface area contributed by atoms with E-state index in [1.807, 2.05) is 0 Å². The van der Waals surface area contributed by atoms with Gasteiger partial charge in [0.2, 0.25) is 5.91 Å². The molecule has 3 unspecified atom stereocenters. The number of aromatic hydroxyl groups is 1. The molecule has 198 valence electrons. The molecule has 0 bridgehead atoms. The first kappa shape index (κ1) is 29.1. The maximum atomic E-state index is 13.1. The number of cyclic esters (lactones) is 2. The lowest BCUT2D eigenvalue weighted by Gasteiger charge is -2.18. The van der Waals surface area contributed by atoms with Crippen molar-refractivity contribution in [3.05, 3.63) is 89.9 Å². The molecular weight excluding hydrogens is 478 g/mol. The predicted molar refractivity (Wildman–Crippen MR) is 137 cm³/mol. The van der Waals surface area contributed by atoms with Crippen molar-refractivity contribution < 1.29 is 38.8 Å². The number of hydrogen-bond donors (Lipinski definition) is 3. The van der Waals surface area contributed by atoms with Gasteiger partial charge < -0.3 is 29.7 Å². The van der Waals surface area contributed by atoms with Crippen LogP contribution in [0.5, 0.6) is 5.75 Å². The number of fused-ring (bicyclic) bond motifs is 1. The highest BCUT2D eigenvalue weighted by molar-refractivity contribution is 5.94. The van der Waals surface area contributed by atoms with E-state index < -0.39 is 30.3 Å². The van der Waals surface area contributed by atoms with Crippen LogP contribution in [0.1, 0.15) is 42.6 Å². The highest BCUT2D eigenvalue weighted by atomic mass is 16.6. The SMILES string of the molecule is CO/C=C/C=C\C(=O)N/C=C/CC1CC(=O)OC(C)/C=C/C(O)/C(C)=C\Cc2cccc(O)c2C(=O)O1. The van der Waals surface area contributed by atoms with E-state index in [1.165, 1.54) is 43.9 Å². The molecule has 9 heteroatoms. The van der Waals surface area contributed by atoms with Gasteiger partial charge in [-0.3, -0.25) is 9.59 Å². The fourth-order valence-electron chi connectivity index (χ4n) is 3.34. The van der Waals surface area contributed by atoms with Gasteiger partial charge in [0.25, 0.3) is 0 Å². The largest absolute Gasteiger partial charge is 0.507 e. The summed E-state index contributed by atoms with van der Waals surface area (Å²) < 4.78 is 15.7. The third-order valence-electron chi connectivity index (χ3n) is 5.31. The van der Waals surface area contributed by atoms with E-state index in [0.29, 0.717) is 11.1 Å². The molecule has 9 nitrogen and oxygen atoms in total.